The average Bonchev–Trinajstić information content (AvgIpc) is 3.20. The topological polar surface area (TPSA) is 47.6 Å². The van der Waals surface area contributed by atoms with Gasteiger partial charge in [0.25, 0.3) is 0 Å². The lowest BCUT2D eigenvalue weighted by Crippen LogP contribution is -2.18. The van der Waals surface area contributed by atoms with Crippen molar-refractivity contribution in [1.82, 2.24) is 5.32 Å². The highest BCUT2D eigenvalue weighted by atomic mass is 35.5. The predicted molar refractivity (Wildman–Crippen MR) is 74.5 cm³/mol. The lowest BCUT2D eigenvalue weighted by molar-refractivity contribution is 0.0993. The van der Waals surface area contributed by atoms with E-state index >= 15 is 0 Å². The van der Waals surface area contributed by atoms with Crippen molar-refractivity contribution < 1.29 is 14.3 Å². The summed E-state index contributed by atoms with van der Waals surface area (Å²) in [4.78, 5) is 11.9. The Balaban J connectivity index is 2.22. The van der Waals surface area contributed by atoms with Crippen LogP contribution in [0.2, 0.25) is 5.02 Å². The van der Waals surface area contributed by atoms with Crippen LogP contribution in [0.15, 0.2) is 12.1 Å². The fourth-order valence-corrected chi connectivity index (χ4v) is 2.08. The van der Waals surface area contributed by atoms with Gasteiger partial charge in [-0.05, 0) is 37.9 Å². The van der Waals surface area contributed by atoms with E-state index in [-0.39, 0.29) is 12.3 Å². The Morgan fingerprint density at radius 3 is 2.79 bits per heavy atom. The summed E-state index contributed by atoms with van der Waals surface area (Å²) in [7, 11) is 3.27. The van der Waals surface area contributed by atoms with Crippen LogP contribution in [-0.2, 0) is 0 Å². The summed E-state index contributed by atoms with van der Waals surface area (Å²) < 4.78 is 11.0. The van der Waals surface area contributed by atoms with Crippen LogP contribution in [0.1, 0.15) is 23.2 Å². The van der Waals surface area contributed by atoms with Crippen molar-refractivity contribution in [2.24, 2.45) is 5.92 Å². The highest BCUT2D eigenvalue weighted by Gasteiger charge is 2.23. The molecule has 0 unspecified atom stereocenters. The second-order valence-electron chi connectivity index (χ2n) is 4.70. The first kappa shape index (κ1) is 14.2. The highest BCUT2D eigenvalue weighted by Crippen LogP contribution is 2.38. The van der Waals surface area contributed by atoms with Gasteiger partial charge in [-0.1, -0.05) is 11.6 Å². The van der Waals surface area contributed by atoms with E-state index in [0.717, 1.165) is 0 Å². The highest BCUT2D eigenvalue weighted by molar-refractivity contribution is 6.32. The molecule has 1 N–H and O–H groups in total. The lowest BCUT2D eigenvalue weighted by atomic mass is 10.1. The van der Waals surface area contributed by atoms with Gasteiger partial charge in [-0.25, -0.2) is 0 Å². The summed E-state index contributed by atoms with van der Waals surface area (Å²) in [5, 5.41) is 3.23. The monoisotopic (exact) mass is 283 g/mol. The van der Waals surface area contributed by atoms with E-state index in [0.29, 0.717) is 34.6 Å². The van der Waals surface area contributed by atoms with Crippen LogP contribution in [0.25, 0.3) is 0 Å². The maximum atomic E-state index is 11.9. The molecule has 1 fully saturated rings. The minimum absolute atomic E-state index is 0.0247. The summed E-state index contributed by atoms with van der Waals surface area (Å²) in [6.45, 7) is 0.918. The molecule has 5 heteroatoms. The Bertz CT molecular complexity index is 472. The van der Waals surface area contributed by atoms with Crippen LogP contribution in [-0.4, -0.2) is 33.1 Å². The van der Waals surface area contributed by atoms with Crippen molar-refractivity contribution in [3.05, 3.63) is 22.7 Å². The minimum Gasteiger partial charge on any atom is -0.491 e. The third-order valence-electron chi connectivity index (χ3n) is 3.04. The molecule has 4 nitrogen and oxygen atoms in total. The summed E-state index contributed by atoms with van der Waals surface area (Å²) in [6, 6.07) is 3.32. The Hall–Kier alpha value is -1.26. The molecule has 0 saturated heterocycles. The van der Waals surface area contributed by atoms with Gasteiger partial charge in [-0.3, -0.25) is 4.79 Å². The molecule has 2 rings (SSSR count). The molecule has 1 aliphatic carbocycles. The molecule has 0 spiro atoms. The molecule has 0 radical (unpaired) electrons. The zero-order chi connectivity index (χ0) is 13.8. The average molecular weight is 284 g/mol. The quantitative estimate of drug-likeness (QED) is 0.781. The number of hydrogen-bond acceptors (Lipinski definition) is 4. The normalized spacial score (nSPS) is 14.3. The summed E-state index contributed by atoms with van der Waals surface area (Å²) >= 11 is 6.13. The number of ether oxygens (including phenoxy) is 2. The van der Waals surface area contributed by atoms with Gasteiger partial charge in [-0.2, -0.15) is 0 Å². The molecule has 1 aromatic carbocycles. The number of likely N-dealkylation sites (N-methyl/N-ethyl adjacent to an activating group) is 1. The van der Waals surface area contributed by atoms with Crippen LogP contribution in [0.4, 0.5) is 0 Å². The van der Waals surface area contributed by atoms with E-state index in [4.69, 9.17) is 21.1 Å². The van der Waals surface area contributed by atoms with Crippen LogP contribution < -0.4 is 14.8 Å². The SMILES string of the molecule is CNCC(=O)c1cc(Cl)c(OC)c(OCC2CC2)c1. The van der Waals surface area contributed by atoms with Crippen molar-refractivity contribution in [2.75, 3.05) is 27.3 Å². The second-order valence-corrected chi connectivity index (χ2v) is 5.10. The molecular weight excluding hydrogens is 266 g/mol. The molecule has 0 aliphatic heterocycles. The first-order valence-corrected chi connectivity index (χ1v) is 6.71. The zero-order valence-corrected chi connectivity index (χ0v) is 11.9. The van der Waals surface area contributed by atoms with Crippen LogP contribution in [0, 0.1) is 5.92 Å². The largest absolute Gasteiger partial charge is 0.491 e. The maximum Gasteiger partial charge on any atom is 0.179 e. The number of hydrogen-bond donors (Lipinski definition) is 1. The number of carbonyl (C=O) groups excluding carboxylic acids is 1. The molecule has 1 aliphatic rings. The van der Waals surface area contributed by atoms with E-state index < -0.39 is 0 Å². The van der Waals surface area contributed by atoms with Crippen molar-refractivity contribution >= 4 is 17.4 Å². The second kappa shape index (κ2) is 6.26. The first-order chi connectivity index (χ1) is 9.15. The Morgan fingerprint density at radius 2 is 2.21 bits per heavy atom. The number of carbonyl (C=O) groups is 1. The standard InChI is InChI=1S/C14H18ClNO3/c1-16-7-12(17)10-5-11(15)14(18-2)13(6-10)19-8-9-3-4-9/h5-6,9,16H,3-4,7-8H2,1-2H3. The van der Waals surface area contributed by atoms with Crippen LogP contribution in [0.3, 0.4) is 0 Å². The molecule has 0 atom stereocenters. The Morgan fingerprint density at radius 1 is 1.47 bits per heavy atom. The van der Waals surface area contributed by atoms with E-state index in [2.05, 4.69) is 5.32 Å². The van der Waals surface area contributed by atoms with Gasteiger partial charge >= 0.3 is 0 Å². The number of ketones is 1. The molecular formula is C14H18ClNO3. The van der Waals surface area contributed by atoms with E-state index in [9.17, 15) is 4.79 Å². The predicted octanol–water partition coefficient (Wildman–Crippen LogP) is 2.54. The molecule has 1 aromatic rings. The van der Waals surface area contributed by atoms with Gasteiger partial charge in [0, 0.05) is 5.56 Å². The molecule has 104 valence electrons. The number of nitrogens with one attached hydrogen (secondary N) is 1. The van der Waals surface area contributed by atoms with E-state index in [1.807, 2.05) is 0 Å². The van der Waals surface area contributed by atoms with Gasteiger partial charge in [0.1, 0.15) is 0 Å². The molecule has 0 bridgehead atoms. The number of Topliss-reactive ketones (excluding diaryl/α,β-unsaturated/α-hetero) is 1. The summed E-state index contributed by atoms with van der Waals surface area (Å²) in [6.07, 6.45) is 2.41. The molecule has 0 heterocycles. The number of benzene rings is 1. The van der Waals surface area contributed by atoms with E-state index in [1.54, 1.807) is 26.3 Å². The molecule has 0 amide bonds. The fourth-order valence-electron chi connectivity index (χ4n) is 1.79. The first-order valence-electron chi connectivity index (χ1n) is 6.33. The van der Waals surface area contributed by atoms with Crippen molar-refractivity contribution in [3.8, 4) is 11.5 Å². The number of halogens is 1. The maximum absolute atomic E-state index is 11.9. The third kappa shape index (κ3) is 3.61. The zero-order valence-electron chi connectivity index (χ0n) is 11.2. The van der Waals surface area contributed by atoms with Crippen molar-refractivity contribution in [2.45, 2.75) is 12.8 Å². The van der Waals surface area contributed by atoms with Gasteiger partial charge in [0.2, 0.25) is 0 Å². The Kier molecular flexibility index (Phi) is 4.66. The van der Waals surface area contributed by atoms with Crippen LogP contribution in [0.5, 0.6) is 11.5 Å². The van der Waals surface area contributed by atoms with Gasteiger partial charge in [-0.15, -0.1) is 0 Å². The Labute approximate surface area is 118 Å². The molecule has 19 heavy (non-hydrogen) atoms. The smallest absolute Gasteiger partial charge is 0.179 e. The third-order valence-corrected chi connectivity index (χ3v) is 3.33. The van der Waals surface area contributed by atoms with Gasteiger partial charge in [0.05, 0.1) is 25.3 Å². The van der Waals surface area contributed by atoms with Crippen molar-refractivity contribution in [3.63, 3.8) is 0 Å². The molecule has 1 saturated carbocycles. The number of methoxy groups -OCH3 is 1. The summed E-state index contributed by atoms with van der Waals surface area (Å²) in [5.41, 5.74) is 0.533. The lowest BCUT2D eigenvalue weighted by Gasteiger charge is -2.13. The summed E-state index contributed by atoms with van der Waals surface area (Å²) in [5.74, 6) is 1.63. The molecule has 0 aromatic heterocycles. The van der Waals surface area contributed by atoms with E-state index in [1.165, 1.54) is 12.8 Å². The van der Waals surface area contributed by atoms with Crippen LogP contribution >= 0.6 is 11.6 Å². The van der Waals surface area contributed by atoms with Gasteiger partial charge < -0.3 is 14.8 Å². The van der Waals surface area contributed by atoms with Crippen molar-refractivity contribution in [1.29, 1.82) is 0 Å². The number of rotatable bonds is 7. The minimum atomic E-state index is -0.0247. The fraction of sp³-hybridized carbons (Fsp3) is 0.500. The van der Waals surface area contributed by atoms with Gasteiger partial charge in [0.15, 0.2) is 17.3 Å².